The van der Waals surface area contributed by atoms with Crippen LogP contribution in [0.1, 0.15) is 39.0 Å². The van der Waals surface area contributed by atoms with Gasteiger partial charge >= 0.3 is 0 Å². The zero-order valence-electron chi connectivity index (χ0n) is 15.0. The molecule has 25 heavy (non-hydrogen) atoms. The number of anilines is 1. The first-order valence-corrected chi connectivity index (χ1v) is 10.00. The number of hydrogen-bond donors (Lipinski definition) is 0. The molecule has 7 nitrogen and oxygen atoms in total. The SMILES string of the molecule is CCC(=O)N(c1nn(CN2CCC[C@@H]2C(=O)N(C)C)c(=S)s1)C1CC1. The van der Waals surface area contributed by atoms with Crippen molar-refractivity contribution in [3.05, 3.63) is 3.95 Å². The van der Waals surface area contributed by atoms with Gasteiger partial charge in [-0.25, -0.2) is 4.68 Å². The number of carbonyl (C=O) groups excluding carboxylic acids is 2. The fourth-order valence-corrected chi connectivity index (χ4v) is 4.37. The van der Waals surface area contributed by atoms with Crippen LogP contribution in [0.3, 0.4) is 0 Å². The number of amides is 2. The van der Waals surface area contributed by atoms with Gasteiger partial charge in [0.2, 0.25) is 16.9 Å². The molecule has 1 saturated carbocycles. The van der Waals surface area contributed by atoms with Gasteiger partial charge in [-0.05, 0) is 37.9 Å². The zero-order valence-corrected chi connectivity index (χ0v) is 16.6. The summed E-state index contributed by atoms with van der Waals surface area (Å²) >= 11 is 6.85. The van der Waals surface area contributed by atoms with E-state index in [1.165, 1.54) is 11.3 Å². The van der Waals surface area contributed by atoms with Crippen LogP contribution in [0, 0.1) is 3.95 Å². The molecule has 2 fully saturated rings. The molecule has 3 rings (SSSR count). The molecule has 0 bridgehead atoms. The fraction of sp³-hybridized carbons (Fsp3) is 0.750. The van der Waals surface area contributed by atoms with E-state index in [0.29, 0.717) is 22.2 Å². The highest BCUT2D eigenvalue weighted by Gasteiger charge is 2.36. The van der Waals surface area contributed by atoms with Crippen LogP contribution in [0.4, 0.5) is 5.13 Å². The second-order valence-corrected chi connectivity index (χ2v) is 8.44. The molecule has 1 saturated heterocycles. The molecule has 1 aromatic heterocycles. The largest absolute Gasteiger partial charge is 0.347 e. The lowest BCUT2D eigenvalue weighted by atomic mass is 10.2. The molecule has 2 aliphatic rings. The molecule has 0 radical (unpaired) electrons. The smallest absolute Gasteiger partial charge is 0.239 e. The Bertz CT molecular complexity index is 710. The number of aromatic nitrogens is 2. The Morgan fingerprint density at radius 1 is 1.32 bits per heavy atom. The molecule has 0 spiro atoms. The molecule has 0 unspecified atom stereocenters. The summed E-state index contributed by atoms with van der Waals surface area (Å²) in [6.07, 6.45) is 4.39. The van der Waals surface area contributed by atoms with Crippen molar-refractivity contribution in [1.82, 2.24) is 19.6 Å². The van der Waals surface area contributed by atoms with Crippen LogP contribution in [0.2, 0.25) is 0 Å². The number of carbonyl (C=O) groups is 2. The Kier molecular flexibility index (Phi) is 5.55. The Balaban J connectivity index is 1.77. The molecule has 1 aliphatic heterocycles. The van der Waals surface area contributed by atoms with E-state index >= 15 is 0 Å². The van der Waals surface area contributed by atoms with Crippen molar-refractivity contribution in [2.45, 2.75) is 57.8 Å². The van der Waals surface area contributed by atoms with E-state index in [9.17, 15) is 9.59 Å². The minimum Gasteiger partial charge on any atom is -0.347 e. The molecule has 0 aromatic carbocycles. The molecular weight excluding hydrogens is 358 g/mol. The van der Waals surface area contributed by atoms with Gasteiger partial charge in [-0.2, -0.15) is 0 Å². The molecule has 1 aliphatic carbocycles. The molecule has 138 valence electrons. The van der Waals surface area contributed by atoms with Crippen molar-refractivity contribution in [2.75, 3.05) is 25.5 Å². The number of hydrogen-bond acceptors (Lipinski definition) is 6. The molecule has 1 atom stereocenters. The first-order chi connectivity index (χ1) is 11.9. The van der Waals surface area contributed by atoms with Crippen molar-refractivity contribution in [3.8, 4) is 0 Å². The van der Waals surface area contributed by atoms with Gasteiger partial charge < -0.3 is 4.90 Å². The standard InChI is InChI=1S/C16H25N5O2S2/c1-4-13(22)21(11-7-8-11)15-17-20(16(24)25-15)10-19-9-5-6-12(19)14(23)18(2)3/h11-12H,4-10H2,1-3H3/t12-/m1/s1. The fourth-order valence-electron chi connectivity index (χ4n) is 3.20. The predicted molar refractivity (Wildman–Crippen MR) is 100 cm³/mol. The lowest BCUT2D eigenvalue weighted by Crippen LogP contribution is -2.43. The van der Waals surface area contributed by atoms with Crippen LogP contribution in [-0.4, -0.2) is 64.1 Å². The minimum absolute atomic E-state index is 0.0974. The number of rotatable bonds is 6. The van der Waals surface area contributed by atoms with E-state index in [1.807, 2.05) is 11.8 Å². The third kappa shape index (κ3) is 3.93. The average Bonchev–Trinajstić information content (AvgIpc) is 3.19. The lowest BCUT2D eigenvalue weighted by Gasteiger charge is -2.25. The Morgan fingerprint density at radius 3 is 2.64 bits per heavy atom. The molecular formula is C16H25N5O2S2. The van der Waals surface area contributed by atoms with E-state index < -0.39 is 0 Å². The molecule has 1 aromatic rings. The molecule has 2 amide bonds. The Labute approximate surface area is 157 Å². The highest BCUT2D eigenvalue weighted by Crippen LogP contribution is 2.34. The zero-order chi connectivity index (χ0) is 18.1. The van der Waals surface area contributed by atoms with E-state index in [1.54, 1.807) is 23.7 Å². The number of likely N-dealkylation sites (N-methyl/N-ethyl adjacent to an activating group) is 1. The predicted octanol–water partition coefficient (Wildman–Crippen LogP) is 2.09. The second kappa shape index (κ2) is 7.51. The Hall–Kier alpha value is -1.32. The van der Waals surface area contributed by atoms with Gasteiger partial charge in [-0.1, -0.05) is 18.3 Å². The first kappa shape index (κ1) is 18.5. The summed E-state index contributed by atoms with van der Waals surface area (Å²) in [7, 11) is 3.57. The van der Waals surface area contributed by atoms with Gasteiger partial charge in [0.25, 0.3) is 0 Å². The van der Waals surface area contributed by atoms with E-state index in [4.69, 9.17) is 12.2 Å². The Morgan fingerprint density at radius 2 is 2.04 bits per heavy atom. The van der Waals surface area contributed by atoms with Crippen molar-refractivity contribution < 1.29 is 9.59 Å². The quantitative estimate of drug-likeness (QED) is 0.704. The van der Waals surface area contributed by atoms with E-state index in [0.717, 1.165) is 32.2 Å². The van der Waals surface area contributed by atoms with Crippen LogP contribution in [0.25, 0.3) is 0 Å². The van der Waals surface area contributed by atoms with E-state index in [-0.39, 0.29) is 23.9 Å². The second-order valence-electron chi connectivity index (χ2n) is 6.84. The highest BCUT2D eigenvalue weighted by atomic mass is 32.1. The van der Waals surface area contributed by atoms with Gasteiger partial charge in [-0.15, -0.1) is 5.10 Å². The summed E-state index contributed by atoms with van der Waals surface area (Å²) in [5, 5.41) is 5.30. The third-order valence-electron chi connectivity index (χ3n) is 4.69. The number of likely N-dealkylation sites (tertiary alicyclic amines) is 1. The van der Waals surface area contributed by atoms with Crippen molar-refractivity contribution >= 4 is 40.5 Å². The van der Waals surface area contributed by atoms with Crippen molar-refractivity contribution in [1.29, 1.82) is 0 Å². The topological polar surface area (TPSA) is 61.7 Å². The molecule has 0 N–H and O–H groups in total. The van der Waals surface area contributed by atoms with Gasteiger partial charge in [-0.3, -0.25) is 19.4 Å². The van der Waals surface area contributed by atoms with Crippen LogP contribution in [-0.2, 0) is 16.3 Å². The molecule has 2 heterocycles. The van der Waals surface area contributed by atoms with Gasteiger partial charge in [0.15, 0.2) is 3.95 Å². The molecule has 9 heteroatoms. The van der Waals surface area contributed by atoms with Gasteiger partial charge in [0.1, 0.15) is 0 Å². The summed E-state index contributed by atoms with van der Waals surface area (Å²) in [6, 6.07) is 0.162. The average molecular weight is 384 g/mol. The summed E-state index contributed by atoms with van der Waals surface area (Å²) < 4.78 is 2.40. The lowest BCUT2D eigenvalue weighted by molar-refractivity contribution is -0.134. The maximum absolute atomic E-state index is 12.3. The van der Waals surface area contributed by atoms with Gasteiger partial charge in [0, 0.05) is 33.1 Å². The van der Waals surface area contributed by atoms with Crippen LogP contribution in [0.15, 0.2) is 0 Å². The van der Waals surface area contributed by atoms with Gasteiger partial charge in [0.05, 0.1) is 12.7 Å². The summed E-state index contributed by atoms with van der Waals surface area (Å²) in [4.78, 5) is 30.2. The monoisotopic (exact) mass is 383 g/mol. The van der Waals surface area contributed by atoms with Crippen molar-refractivity contribution in [2.24, 2.45) is 0 Å². The number of nitrogens with zero attached hydrogens (tertiary/aromatic N) is 5. The maximum Gasteiger partial charge on any atom is 0.239 e. The van der Waals surface area contributed by atoms with Crippen LogP contribution in [0.5, 0.6) is 0 Å². The van der Waals surface area contributed by atoms with Crippen LogP contribution < -0.4 is 4.90 Å². The van der Waals surface area contributed by atoms with E-state index in [2.05, 4.69) is 10.00 Å². The minimum atomic E-state index is -0.112. The third-order valence-corrected chi connectivity index (χ3v) is 6.00. The van der Waals surface area contributed by atoms with Crippen molar-refractivity contribution in [3.63, 3.8) is 0 Å². The maximum atomic E-state index is 12.3. The highest BCUT2D eigenvalue weighted by molar-refractivity contribution is 7.73. The summed E-state index contributed by atoms with van der Waals surface area (Å²) in [5.41, 5.74) is 0. The summed E-state index contributed by atoms with van der Waals surface area (Å²) in [6.45, 7) is 3.23. The first-order valence-electron chi connectivity index (χ1n) is 8.77. The van der Waals surface area contributed by atoms with Crippen LogP contribution >= 0.6 is 23.6 Å². The normalized spacial score (nSPS) is 20.7. The summed E-state index contributed by atoms with van der Waals surface area (Å²) in [5.74, 6) is 0.223.